The van der Waals surface area contributed by atoms with Gasteiger partial charge in [0, 0.05) is 42.1 Å². The highest BCUT2D eigenvalue weighted by molar-refractivity contribution is 5.96. The molecule has 0 aromatic heterocycles. The Morgan fingerprint density at radius 2 is 1.30 bits per heavy atom. The fourth-order valence-electron chi connectivity index (χ4n) is 3.28. The number of carbonyl (C=O) groups excluding carboxylic acids is 3. The summed E-state index contributed by atoms with van der Waals surface area (Å²) in [6.45, 7) is 3.54. The van der Waals surface area contributed by atoms with Gasteiger partial charge in [0.25, 0.3) is 5.91 Å². The van der Waals surface area contributed by atoms with Crippen LogP contribution in [-0.4, -0.2) is 42.3 Å². The summed E-state index contributed by atoms with van der Waals surface area (Å²) in [5.74, 6) is -0.175. The van der Waals surface area contributed by atoms with E-state index in [-0.39, 0.29) is 24.3 Å². The number of anilines is 3. The second-order valence-corrected chi connectivity index (χ2v) is 7.31. The van der Waals surface area contributed by atoms with E-state index in [1.54, 1.807) is 43.3 Å². The van der Waals surface area contributed by atoms with Gasteiger partial charge in [-0.1, -0.05) is 6.92 Å². The van der Waals surface area contributed by atoms with E-state index >= 15 is 0 Å². The molecule has 0 bridgehead atoms. The first kappa shape index (κ1) is 21.4. The van der Waals surface area contributed by atoms with Gasteiger partial charge in [0.1, 0.15) is 0 Å². The number of hydrogen-bond acceptors (Lipinski definition) is 4. The van der Waals surface area contributed by atoms with Gasteiger partial charge in [-0.3, -0.25) is 14.4 Å². The molecule has 1 aliphatic heterocycles. The number of nitrogens with zero attached hydrogens (tertiary/aromatic N) is 1. The largest absolute Gasteiger partial charge is 0.376 e. The summed E-state index contributed by atoms with van der Waals surface area (Å²) < 4.78 is 0. The van der Waals surface area contributed by atoms with Crippen LogP contribution < -0.4 is 16.0 Å². The van der Waals surface area contributed by atoms with Gasteiger partial charge in [-0.25, -0.2) is 0 Å². The monoisotopic (exact) mass is 408 g/mol. The van der Waals surface area contributed by atoms with Gasteiger partial charge in [-0.15, -0.1) is 0 Å². The van der Waals surface area contributed by atoms with Crippen molar-refractivity contribution >= 4 is 34.8 Å². The molecule has 158 valence electrons. The molecular formula is C23H28N4O3. The number of benzene rings is 2. The zero-order valence-electron chi connectivity index (χ0n) is 17.2. The summed E-state index contributed by atoms with van der Waals surface area (Å²) >= 11 is 0. The molecule has 1 saturated heterocycles. The molecule has 0 aliphatic carbocycles. The van der Waals surface area contributed by atoms with Crippen molar-refractivity contribution in [3.8, 4) is 0 Å². The SMILES string of the molecule is CCC(=O)Nc1ccc(NC(=O)CNc2ccc(C(=O)N3CCCCC3)cc2)cc1. The Morgan fingerprint density at radius 3 is 1.87 bits per heavy atom. The van der Waals surface area contributed by atoms with E-state index < -0.39 is 0 Å². The topological polar surface area (TPSA) is 90.5 Å². The predicted octanol–water partition coefficient (Wildman–Crippen LogP) is 3.71. The number of rotatable bonds is 7. The molecule has 0 atom stereocenters. The first-order valence-electron chi connectivity index (χ1n) is 10.4. The third kappa shape index (κ3) is 6.07. The van der Waals surface area contributed by atoms with Crippen LogP contribution in [0.4, 0.5) is 17.1 Å². The average molecular weight is 409 g/mol. The first-order chi connectivity index (χ1) is 14.5. The highest BCUT2D eigenvalue weighted by atomic mass is 16.2. The van der Waals surface area contributed by atoms with Gasteiger partial charge in [0.2, 0.25) is 11.8 Å². The molecule has 0 saturated carbocycles. The van der Waals surface area contributed by atoms with E-state index in [9.17, 15) is 14.4 Å². The number of piperidine rings is 1. The Bertz CT molecular complexity index is 872. The fraction of sp³-hybridized carbons (Fsp3) is 0.348. The molecule has 3 N–H and O–H groups in total. The van der Waals surface area contributed by atoms with Crippen LogP contribution in [0.1, 0.15) is 43.0 Å². The molecule has 7 nitrogen and oxygen atoms in total. The van der Waals surface area contributed by atoms with Crippen molar-refractivity contribution in [1.29, 1.82) is 0 Å². The molecule has 1 heterocycles. The standard InChI is InChI=1S/C23H28N4O3/c1-2-21(28)25-19-10-12-20(13-11-19)26-22(29)16-24-18-8-6-17(7-9-18)23(30)27-14-4-3-5-15-27/h6-13,24H,2-5,14-16H2,1H3,(H,25,28)(H,26,29). The number of amides is 3. The quantitative estimate of drug-likeness (QED) is 0.651. The molecular weight excluding hydrogens is 380 g/mol. The Labute approximate surface area is 176 Å². The summed E-state index contributed by atoms with van der Waals surface area (Å²) in [6.07, 6.45) is 3.74. The highest BCUT2D eigenvalue weighted by Gasteiger charge is 2.17. The van der Waals surface area contributed by atoms with Crippen molar-refractivity contribution < 1.29 is 14.4 Å². The number of likely N-dealkylation sites (tertiary alicyclic amines) is 1. The summed E-state index contributed by atoms with van der Waals surface area (Å²) in [5, 5.41) is 8.63. The van der Waals surface area contributed by atoms with Crippen molar-refractivity contribution in [1.82, 2.24) is 4.90 Å². The lowest BCUT2D eigenvalue weighted by atomic mass is 10.1. The molecule has 3 amide bonds. The van der Waals surface area contributed by atoms with E-state index in [1.165, 1.54) is 6.42 Å². The fourth-order valence-corrected chi connectivity index (χ4v) is 3.28. The van der Waals surface area contributed by atoms with Crippen molar-refractivity contribution in [2.45, 2.75) is 32.6 Å². The van der Waals surface area contributed by atoms with Crippen LogP contribution in [0.5, 0.6) is 0 Å². The Balaban J connectivity index is 1.46. The minimum Gasteiger partial charge on any atom is -0.376 e. The van der Waals surface area contributed by atoms with Crippen molar-refractivity contribution in [3.63, 3.8) is 0 Å². The summed E-state index contributed by atoms with van der Waals surface area (Å²) in [7, 11) is 0. The van der Waals surface area contributed by atoms with Crippen LogP contribution in [0.2, 0.25) is 0 Å². The molecule has 2 aromatic carbocycles. The molecule has 30 heavy (non-hydrogen) atoms. The number of hydrogen-bond donors (Lipinski definition) is 3. The van der Waals surface area contributed by atoms with Crippen LogP contribution in [-0.2, 0) is 9.59 Å². The smallest absolute Gasteiger partial charge is 0.253 e. The van der Waals surface area contributed by atoms with Crippen LogP contribution in [0.15, 0.2) is 48.5 Å². The number of carbonyl (C=O) groups is 3. The van der Waals surface area contributed by atoms with Gasteiger partial charge >= 0.3 is 0 Å². The predicted molar refractivity (Wildman–Crippen MR) is 119 cm³/mol. The summed E-state index contributed by atoms with van der Waals surface area (Å²) in [5.41, 5.74) is 2.79. The second-order valence-electron chi connectivity index (χ2n) is 7.31. The second kappa shape index (κ2) is 10.4. The maximum Gasteiger partial charge on any atom is 0.253 e. The molecule has 1 aliphatic rings. The summed E-state index contributed by atoms with van der Waals surface area (Å²) in [4.78, 5) is 38.0. The Kier molecular flexibility index (Phi) is 7.43. The lowest BCUT2D eigenvalue weighted by molar-refractivity contribution is -0.116. The molecule has 0 unspecified atom stereocenters. The van der Waals surface area contributed by atoms with E-state index in [0.29, 0.717) is 23.4 Å². The van der Waals surface area contributed by atoms with Gasteiger partial charge in [0.05, 0.1) is 6.54 Å². The zero-order valence-corrected chi connectivity index (χ0v) is 17.2. The minimum absolute atomic E-state index is 0.0559. The Morgan fingerprint density at radius 1 is 0.767 bits per heavy atom. The van der Waals surface area contributed by atoms with E-state index in [1.807, 2.05) is 17.0 Å². The third-order valence-electron chi connectivity index (χ3n) is 5.00. The zero-order chi connectivity index (χ0) is 21.3. The van der Waals surface area contributed by atoms with Gasteiger partial charge < -0.3 is 20.9 Å². The molecule has 2 aromatic rings. The number of nitrogens with one attached hydrogen (secondary N) is 3. The molecule has 0 radical (unpaired) electrons. The van der Waals surface area contributed by atoms with Crippen molar-refractivity contribution in [2.75, 3.05) is 35.6 Å². The van der Waals surface area contributed by atoms with Crippen molar-refractivity contribution in [3.05, 3.63) is 54.1 Å². The molecule has 7 heteroatoms. The maximum absolute atomic E-state index is 12.5. The first-order valence-corrected chi connectivity index (χ1v) is 10.4. The molecule has 3 rings (SSSR count). The normalized spacial score (nSPS) is 13.4. The lowest BCUT2D eigenvalue weighted by Gasteiger charge is -2.26. The Hall–Kier alpha value is -3.35. The van der Waals surface area contributed by atoms with Gasteiger partial charge in [-0.2, -0.15) is 0 Å². The lowest BCUT2D eigenvalue weighted by Crippen LogP contribution is -2.35. The molecule has 1 fully saturated rings. The maximum atomic E-state index is 12.5. The van der Waals surface area contributed by atoms with E-state index in [2.05, 4.69) is 16.0 Å². The van der Waals surface area contributed by atoms with Gasteiger partial charge in [-0.05, 0) is 67.8 Å². The van der Waals surface area contributed by atoms with E-state index in [0.717, 1.165) is 31.6 Å². The van der Waals surface area contributed by atoms with Crippen LogP contribution in [0, 0.1) is 0 Å². The third-order valence-corrected chi connectivity index (χ3v) is 5.00. The van der Waals surface area contributed by atoms with Crippen LogP contribution in [0.25, 0.3) is 0 Å². The minimum atomic E-state index is -0.186. The van der Waals surface area contributed by atoms with Crippen molar-refractivity contribution in [2.24, 2.45) is 0 Å². The van der Waals surface area contributed by atoms with Gasteiger partial charge in [0.15, 0.2) is 0 Å². The average Bonchev–Trinajstić information content (AvgIpc) is 2.79. The molecule has 0 spiro atoms. The van der Waals surface area contributed by atoms with E-state index in [4.69, 9.17) is 0 Å². The van der Waals surface area contributed by atoms with Crippen LogP contribution >= 0.6 is 0 Å². The van der Waals surface area contributed by atoms with Crippen LogP contribution in [0.3, 0.4) is 0 Å². The highest BCUT2D eigenvalue weighted by Crippen LogP contribution is 2.16. The summed E-state index contributed by atoms with van der Waals surface area (Å²) in [6, 6.07) is 14.2.